The largest absolute Gasteiger partial charge is 0.503 e. The fourth-order valence-electron chi connectivity index (χ4n) is 0.827. The van der Waals surface area contributed by atoms with Crippen LogP contribution < -0.4 is 5.56 Å². The van der Waals surface area contributed by atoms with Crippen molar-refractivity contribution in [3.05, 3.63) is 27.7 Å². The standard InChI is InChI=1S/C7H5F2NO3/c8-6(9)3-1-5(12)7(13)10-4(3)2-11/h1-2,6,12H,(H,10,13). The van der Waals surface area contributed by atoms with Gasteiger partial charge in [-0.1, -0.05) is 0 Å². The molecular formula is C7H5F2NO3. The Hall–Kier alpha value is -1.72. The SMILES string of the molecule is O=Cc1[nH]c(=O)c(O)cc1C(F)F. The summed E-state index contributed by atoms with van der Waals surface area (Å²) in [5.41, 5.74) is -2.17. The topological polar surface area (TPSA) is 70.2 Å². The number of nitrogens with one attached hydrogen (secondary N) is 1. The van der Waals surface area contributed by atoms with Crippen LogP contribution in [-0.4, -0.2) is 16.4 Å². The van der Waals surface area contributed by atoms with Crippen LogP contribution in [0.1, 0.15) is 22.5 Å². The van der Waals surface area contributed by atoms with Gasteiger partial charge in [0.05, 0.1) is 5.69 Å². The Kier molecular flexibility index (Phi) is 2.41. The minimum atomic E-state index is -2.91. The lowest BCUT2D eigenvalue weighted by atomic mass is 10.2. The Bertz CT molecular complexity index is 386. The highest BCUT2D eigenvalue weighted by Crippen LogP contribution is 2.21. The third-order valence-electron chi connectivity index (χ3n) is 1.44. The summed E-state index contributed by atoms with van der Waals surface area (Å²) < 4.78 is 24.3. The lowest BCUT2D eigenvalue weighted by molar-refractivity contribution is 0.110. The maximum absolute atomic E-state index is 12.1. The van der Waals surface area contributed by atoms with Crippen molar-refractivity contribution in [3.8, 4) is 5.75 Å². The van der Waals surface area contributed by atoms with Gasteiger partial charge in [-0.15, -0.1) is 0 Å². The molecule has 6 heteroatoms. The summed E-state index contributed by atoms with van der Waals surface area (Å²) in [7, 11) is 0. The molecule has 0 aliphatic heterocycles. The summed E-state index contributed by atoms with van der Waals surface area (Å²) in [6.07, 6.45) is -2.81. The molecule has 70 valence electrons. The number of aromatic nitrogens is 1. The van der Waals surface area contributed by atoms with Crippen molar-refractivity contribution >= 4 is 6.29 Å². The fraction of sp³-hybridized carbons (Fsp3) is 0.143. The van der Waals surface area contributed by atoms with Crippen LogP contribution in [0.5, 0.6) is 5.75 Å². The Morgan fingerprint density at radius 1 is 1.54 bits per heavy atom. The van der Waals surface area contributed by atoms with Crippen LogP contribution in [0.3, 0.4) is 0 Å². The Morgan fingerprint density at radius 3 is 2.62 bits per heavy atom. The van der Waals surface area contributed by atoms with Gasteiger partial charge in [0.2, 0.25) is 0 Å². The van der Waals surface area contributed by atoms with Crippen LogP contribution >= 0.6 is 0 Å². The number of hydrogen-bond acceptors (Lipinski definition) is 3. The number of aromatic amines is 1. The first-order valence-electron chi connectivity index (χ1n) is 3.25. The van der Waals surface area contributed by atoms with Crippen molar-refractivity contribution in [2.75, 3.05) is 0 Å². The predicted octanol–water partition coefficient (Wildman–Crippen LogP) is 0.831. The number of carbonyl (C=O) groups is 1. The second kappa shape index (κ2) is 3.34. The van der Waals surface area contributed by atoms with Crippen LogP contribution in [-0.2, 0) is 0 Å². The average molecular weight is 189 g/mol. The minimum Gasteiger partial charge on any atom is -0.503 e. The normalized spacial score (nSPS) is 10.4. The van der Waals surface area contributed by atoms with Crippen molar-refractivity contribution in [2.24, 2.45) is 0 Å². The van der Waals surface area contributed by atoms with Crippen molar-refractivity contribution in [2.45, 2.75) is 6.43 Å². The molecule has 0 aliphatic carbocycles. The predicted molar refractivity (Wildman–Crippen MR) is 39.1 cm³/mol. The molecule has 0 aromatic carbocycles. The van der Waals surface area contributed by atoms with E-state index in [0.717, 1.165) is 0 Å². The molecule has 0 radical (unpaired) electrons. The molecule has 0 atom stereocenters. The van der Waals surface area contributed by atoms with Gasteiger partial charge in [0.25, 0.3) is 12.0 Å². The van der Waals surface area contributed by atoms with Gasteiger partial charge in [-0.3, -0.25) is 9.59 Å². The van der Waals surface area contributed by atoms with E-state index >= 15 is 0 Å². The molecule has 13 heavy (non-hydrogen) atoms. The van der Waals surface area contributed by atoms with E-state index in [1.165, 1.54) is 0 Å². The van der Waals surface area contributed by atoms with Gasteiger partial charge in [0.15, 0.2) is 12.0 Å². The highest BCUT2D eigenvalue weighted by molar-refractivity contribution is 5.74. The first-order valence-corrected chi connectivity index (χ1v) is 3.25. The number of aromatic hydroxyl groups is 1. The highest BCUT2D eigenvalue weighted by Gasteiger charge is 2.15. The van der Waals surface area contributed by atoms with Crippen LogP contribution in [0.15, 0.2) is 10.9 Å². The molecule has 4 nitrogen and oxygen atoms in total. The van der Waals surface area contributed by atoms with Gasteiger partial charge < -0.3 is 10.1 Å². The lowest BCUT2D eigenvalue weighted by Crippen LogP contribution is -2.11. The molecule has 1 rings (SSSR count). The number of pyridine rings is 1. The van der Waals surface area contributed by atoms with Crippen molar-refractivity contribution in [1.82, 2.24) is 4.98 Å². The third-order valence-corrected chi connectivity index (χ3v) is 1.44. The number of hydrogen-bond donors (Lipinski definition) is 2. The van der Waals surface area contributed by atoms with Gasteiger partial charge in [-0.25, -0.2) is 8.78 Å². The first kappa shape index (κ1) is 9.37. The maximum Gasteiger partial charge on any atom is 0.290 e. The van der Waals surface area contributed by atoms with Crippen molar-refractivity contribution in [1.29, 1.82) is 0 Å². The molecule has 0 saturated heterocycles. The van der Waals surface area contributed by atoms with Crippen LogP contribution in [0.25, 0.3) is 0 Å². The summed E-state index contributed by atoms with van der Waals surface area (Å²) in [5.74, 6) is -0.832. The van der Waals surface area contributed by atoms with Crippen molar-refractivity contribution in [3.63, 3.8) is 0 Å². The third kappa shape index (κ3) is 1.71. The molecule has 0 fully saturated rings. The molecule has 0 spiro atoms. The molecule has 0 unspecified atom stereocenters. The molecule has 1 aromatic rings. The summed E-state index contributed by atoms with van der Waals surface area (Å²) in [5, 5.41) is 8.78. The quantitative estimate of drug-likeness (QED) is 0.677. The number of aldehydes is 1. The number of alkyl halides is 2. The molecule has 0 aliphatic rings. The number of H-pyrrole nitrogens is 1. The van der Waals surface area contributed by atoms with E-state index < -0.39 is 29.0 Å². The van der Waals surface area contributed by atoms with E-state index in [4.69, 9.17) is 5.11 Å². The first-order chi connectivity index (χ1) is 6.06. The minimum absolute atomic E-state index is 0.0995. The zero-order valence-electron chi connectivity index (χ0n) is 6.25. The molecule has 1 heterocycles. The highest BCUT2D eigenvalue weighted by atomic mass is 19.3. The molecule has 0 bridgehead atoms. The number of carbonyl (C=O) groups excluding carboxylic acids is 1. The van der Waals surface area contributed by atoms with E-state index in [1.54, 1.807) is 0 Å². The van der Waals surface area contributed by atoms with Gasteiger partial charge in [-0.05, 0) is 6.07 Å². The van der Waals surface area contributed by atoms with E-state index in [0.29, 0.717) is 6.07 Å². The van der Waals surface area contributed by atoms with Gasteiger partial charge in [-0.2, -0.15) is 0 Å². The van der Waals surface area contributed by atoms with Gasteiger partial charge in [0, 0.05) is 5.56 Å². The van der Waals surface area contributed by atoms with Crippen LogP contribution in [0.2, 0.25) is 0 Å². The van der Waals surface area contributed by atoms with Gasteiger partial charge in [0.1, 0.15) is 0 Å². The second-order valence-electron chi connectivity index (χ2n) is 2.27. The smallest absolute Gasteiger partial charge is 0.290 e. The van der Waals surface area contributed by atoms with E-state index in [2.05, 4.69) is 0 Å². The number of halogens is 2. The van der Waals surface area contributed by atoms with E-state index in [1.807, 2.05) is 4.98 Å². The summed E-state index contributed by atoms with van der Waals surface area (Å²) in [4.78, 5) is 22.7. The second-order valence-corrected chi connectivity index (χ2v) is 2.27. The van der Waals surface area contributed by atoms with Crippen LogP contribution in [0.4, 0.5) is 8.78 Å². The summed E-state index contributed by atoms with van der Waals surface area (Å²) in [6.45, 7) is 0. The van der Waals surface area contributed by atoms with E-state index in [-0.39, 0.29) is 6.29 Å². The molecule has 2 N–H and O–H groups in total. The van der Waals surface area contributed by atoms with E-state index in [9.17, 15) is 18.4 Å². The van der Waals surface area contributed by atoms with Gasteiger partial charge >= 0.3 is 0 Å². The summed E-state index contributed by atoms with van der Waals surface area (Å²) in [6, 6.07) is 0.577. The maximum atomic E-state index is 12.1. The molecular weight excluding hydrogens is 184 g/mol. The average Bonchev–Trinajstić information content (AvgIpc) is 2.08. The Balaban J connectivity index is 3.41. The monoisotopic (exact) mass is 189 g/mol. The molecule has 1 aromatic heterocycles. The Labute approximate surface area is 70.8 Å². The molecule has 0 saturated carbocycles. The fourth-order valence-corrected chi connectivity index (χ4v) is 0.827. The lowest BCUT2D eigenvalue weighted by Gasteiger charge is -2.02. The Morgan fingerprint density at radius 2 is 2.15 bits per heavy atom. The zero-order valence-corrected chi connectivity index (χ0v) is 6.25. The zero-order chi connectivity index (χ0) is 10.0. The number of rotatable bonds is 2. The molecule has 0 amide bonds. The summed E-state index contributed by atoms with van der Waals surface area (Å²) >= 11 is 0. The van der Waals surface area contributed by atoms with Crippen LogP contribution in [0, 0.1) is 0 Å². The van der Waals surface area contributed by atoms with Crippen molar-refractivity contribution < 1.29 is 18.7 Å².